The van der Waals surface area contributed by atoms with Gasteiger partial charge in [0.15, 0.2) is 0 Å². The van der Waals surface area contributed by atoms with Gasteiger partial charge in [0.25, 0.3) is 0 Å². The van der Waals surface area contributed by atoms with E-state index >= 15 is 0 Å². The van der Waals surface area contributed by atoms with E-state index in [1.807, 2.05) is 0 Å². The van der Waals surface area contributed by atoms with Crippen molar-refractivity contribution in [1.29, 1.82) is 0 Å². The second-order valence-corrected chi connectivity index (χ2v) is 5.08. The summed E-state index contributed by atoms with van der Waals surface area (Å²) in [4.78, 5) is 0. The van der Waals surface area contributed by atoms with Crippen LogP contribution in [0, 0.1) is 13.8 Å². The largest absolute Gasteiger partial charge is 0.316 e. The Labute approximate surface area is 111 Å². The molecule has 0 aliphatic heterocycles. The molecule has 1 rings (SSSR count). The Bertz CT molecular complexity index is 391. The minimum absolute atomic E-state index is 0.949. The molecule has 0 spiro atoms. The minimum atomic E-state index is 0.949. The van der Waals surface area contributed by atoms with Crippen molar-refractivity contribution in [3.8, 4) is 0 Å². The molecule has 18 heavy (non-hydrogen) atoms. The zero-order valence-electron chi connectivity index (χ0n) is 12.3. The Morgan fingerprint density at radius 2 is 2.06 bits per heavy atom. The van der Waals surface area contributed by atoms with Crippen LogP contribution in [0.5, 0.6) is 0 Å². The van der Waals surface area contributed by atoms with E-state index in [0.29, 0.717) is 0 Å². The van der Waals surface area contributed by atoms with Crippen LogP contribution in [-0.4, -0.2) is 22.9 Å². The van der Waals surface area contributed by atoms with Gasteiger partial charge in [-0.2, -0.15) is 5.10 Å². The summed E-state index contributed by atoms with van der Waals surface area (Å²) in [5.41, 5.74) is 5.11. The van der Waals surface area contributed by atoms with Crippen LogP contribution in [-0.2, 0) is 13.0 Å². The number of aryl methyl sites for hydroxylation is 2. The van der Waals surface area contributed by atoms with E-state index in [0.717, 1.165) is 32.5 Å². The van der Waals surface area contributed by atoms with Crippen molar-refractivity contribution in [2.45, 2.75) is 53.5 Å². The molecule has 3 heteroatoms. The number of allylic oxidation sites excluding steroid dienone is 1. The van der Waals surface area contributed by atoms with Crippen LogP contribution >= 0.6 is 0 Å². The van der Waals surface area contributed by atoms with E-state index < -0.39 is 0 Å². The predicted molar refractivity (Wildman–Crippen MR) is 78.0 cm³/mol. The Hall–Kier alpha value is -1.09. The summed E-state index contributed by atoms with van der Waals surface area (Å²) < 4.78 is 2.12. The van der Waals surface area contributed by atoms with Gasteiger partial charge in [0.1, 0.15) is 0 Å². The lowest BCUT2D eigenvalue weighted by molar-refractivity contribution is 0.591. The number of hydrogen-bond donors (Lipinski definition) is 1. The quantitative estimate of drug-likeness (QED) is 0.567. The fraction of sp³-hybridized carbons (Fsp3) is 0.667. The molecule has 0 amide bonds. The molecule has 1 aromatic rings. The second-order valence-electron chi connectivity index (χ2n) is 5.08. The maximum atomic E-state index is 4.63. The maximum Gasteiger partial charge on any atom is 0.0628 e. The number of rotatable bonds is 8. The van der Waals surface area contributed by atoms with Crippen molar-refractivity contribution in [2.75, 3.05) is 13.1 Å². The third-order valence-electron chi connectivity index (χ3n) is 3.26. The van der Waals surface area contributed by atoms with Crippen LogP contribution in [0.15, 0.2) is 12.2 Å². The highest BCUT2D eigenvalue weighted by atomic mass is 15.3. The molecule has 0 aromatic carbocycles. The molecule has 0 atom stereocenters. The molecule has 1 aromatic heterocycles. The van der Waals surface area contributed by atoms with E-state index in [-0.39, 0.29) is 0 Å². The lowest BCUT2D eigenvalue weighted by Gasteiger charge is -2.06. The summed E-state index contributed by atoms with van der Waals surface area (Å²) in [5.74, 6) is 0. The van der Waals surface area contributed by atoms with Crippen molar-refractivity contribution >= 4 is 0 Å². The smallest absolute Gasteiger partial charge is 0.0628 e. The normalized spacial score (nSPS) is 10.9. The lowest BCUT2D eigenvalue weighted by Crippen LogP contribution is -2.18. The average Bonchev–Trinajstić information content (AvgIpc) is 2.58. The van der Waals surface area contributed by atoms with Gasteiger partial charge in [0, 0.05) is 12.2 Å². The first-order chi connectivity index (χ1) is 8.56. The van der Waals surface area contributed by atoms with Crippen LogP contribution in [0.2, 0.25) is 0 Å². The van der Waals surface area contributed by atoms with Gasteiger partial charge in [-0.25, -0.2) is 0 Å². The van der Waals surface area contributed by atoms with Crippen LogP contribution in [0.25, 0.3) is 0 Å². The zero-order valence-corrected chi connectivity index (χ0v) is 12.3. The predicted octanol–water partition coefficient (Wildman–Crippen LogP) is 3.01. The summed E-state index contributed by atoms with van der Waals surface area (Å²) in [5, 5.41) is 8.08. The van der Waals surface area contributed by atoms with E-state index in [4.69, 9.17) is 0 Å². The first-order valence-electron chi connectivity index (χ1n) is 6.94. The summed E-state index contributed by atoms with van der Waals surface area (Å²) >= 11 is 0. The van der Waals surface area contributed by atoms with Gasteiger partial charge in [-0.05, 0) is 58.7 Å². The molecule has 1 N–H and O–H groups in total. The van der Waals surface area contributed by atoms with Gasteiger partial charge in [-0.15, -0.1) is 6.58 Å². The zero-order chi connectivity index (χ0) is 13.5. The molecule has 0 saturated heterocycles. The highest BCUT2D eigenvalue weighted by molar-refractivity contribution is 5.24. The van der Waals surface area contributed by atoms with Gasteiger partial charge in [-0.3, -0.25) is 4.68 Å². The Balaban J connectivity index is 2.59. The molecule has 0 unspecified atom stereocenters. The first-order valence-corrected chi connectivity index (χ1v) is 6.94. The first kappa shape index (κ1) is 15.0. The maximum absolute atomic E-state index is 4.63. The fourth-order valence-electron chi connectivity index (χ4n) is 2.13. The Morgan fingerprint density at radius 3 is 2.67 bits per heavy atom. The van der Waals surface area contributed by atoms with Gasteiger partial charge in [-0.1, -0.05) is 12.5 Å². The van der Waals surface area contributed by atoms with Crippen LogP contribution in [0.4, 0.5) is 0 Å². The SMILES string of the molecule is C=C(C)CCn1nc(C)c(CCNCCC)c1C. The molecular weight excluding hydrogens is 222 g/mol. The number of nitrogens with zero attached hydrogens (tertiary/aromatic N) is 2. The Kier molecular flexibility index (Phi) is 6.13. The van der Waals surface area contributed by atoms with Crippen LogP contribution in [0.1, 0.15) is 43.6 Å². The lowest BCUT2D eigenvalue weighted by atomic mass is 10.1. The highest BCUT2D eigenvalue weighted by Crippen LogP contribution is 2.14. The molecular formula is C15H27N3. The fourth-order valence-corrected chi connectivity index (χ4v) is 2.13. The molecule has 0 bridgehead atoms. The van der Waals surface area contributed by atoms with Crippen molar-refractivity contribution in [2.24, 2.45) is 0 Å². The van der Waals surface area contributed by atoms with Crippen LogP contribution < -0.4 is 5.32 Å². The summed E-state index contributed by atoms with van der Waals surface area (Å²) in [6.45, 7) is 15.6. The van der Waals surface area contributed by atoms with Crippen molar-refractivity contribution in [3.05, 3.63) is 29.1 Å². The molecule has 1 heterocycles. The van der Waals surface area contributed by atoms with Gasteiger partial charge in [0.05, 0.1) is 5.69 Å². The van der Waals surface area contributed by atoms with Crippen molar-refractivity contribution < 1.29 is 0 Å². The molecule has 3 nitrogen and oxygen atoms in total. The molecule has 0 radical (unpaired) electrons. The van der Waals surface area contributed by atoms with Crippen LogP contribution in [0.3, 0.4) is 0 Å². The van der Waals surface area contributed by atoms with E-state index in [2.05, 4.69) is 49.4 Å². The minimum Gasteiger partial charge on any atom is -0.316 e. The summed E-state index contributed by atoms with van der Waals surface area (Å²) in [7, 11) is 0. The molecule has 0 aliphatic carbocycles. The summed E-state index contributed by atoms with van der Waals surface area (Å²) in [6, 6.07) is 0. The standard InChI is InChI=1S/C15H27N3/c1-6-9-16-10-7-15-13(4)17-18(14(15)5)11-8-12(2)3/h16H,2,6-11H2,1,3-5H3. The number of aromatic nitrogens is 2. The molecule has 102 valence electrons. The topological polar surface area (TPSA) is 29.9 Å². The molecule has 0 saturated carbocycles. The van der Waals surface area contributed by atoms with Crippen molar-refractivity contribution in [1.82, 2.24) is 15.1 Å². The summed E-state index contributed by atoms with van der Waals surface area (Å²) in [6.07, 6.45) is 3.27. The molecule has 0 aliphatic rings. The van der Waals surface area contributed by atoms with Gasteiger partial charge >= 0.3 is 0 Å². The monoisotopic (exact) mass is 249 g/mol. The van der Waals surface area contributed by atoms with Gasteiger partial charge in [0.2, 0.25) is 0 Å². The number of nitrogens with one attached hydrogen (secondary N) is 1. The van der Waals surface area contributed by atoms with E-state index in [1.54, 1.807) is 0 Å². The highest BCUT2D eigenvalue weighted by Gasteiger charge is 2.10. The van der Waals surface area contributed by atoms with Gasteiger partial charge < -0.3 is 5.32 Å². The van der Waals surface area contributed by atoms with E-state index in [9.17, 15) is 0 Å². The Morgan fingerprint density at radius 1 is 1.33 bits per heavy atom. The molecule has 0 fully saturated rings. The average molecular weight is 249 g/mol. The van der Waals surface area contributed by atoms with Crippen molar-refractivity contribution in [3.63, 3.8) is 0 Å². The third-order valence-corrected chi connectivity index (χ3v) is 3.26. The van der Waals surface area contributed by atoms with E-state index in [1.165, 1.54) is 28.9 Å². The third kappa shape index (κ3) is 4.30. The number of hydrogen-bond acceptors (Lipinski definition) is 2. The second kappa shape index (κ2) is 7.37.